The van der Waals surface area contributed by atoms with Crippen molar-refractivity contribution >= 4 is 48.0 Å². The van der Waals surface area contributed by atoms with E-state index in [9.17, 15) is 4.79 Å². The monoisotopic (exact) mass is 407 g/mol. The molecule has 7 heteroatoms. The fraction of sp³-hybridized carbons (Fsp3) is 0.611. The number of nitrogens with one attached hydrogen (secondary N) is 1. The van der Waals surface area contributed by atoms with Gasteiger partial charge in [0.25, 0.3) is 0 Å². The lowest BCUT2D eigenvalue weighted by molar-refractivity contribution is -0.131. The van der Waals surface area contributed by atoms with Crippen molar-refractivity contribution in [3.8, 4) is 0 Å². The third-order valence-corrected chi connectivity index (χ3v) is 5.37. The number of rotatable bonds is 4. The van der Waals surface area contributed by atoms with Gasteiger partial charge < -0.3 is 15.1 Å². The van der Waals surface area contributed by atoms with Crippen LogP contribution in [0.15, 0.2) is 24.3 Å². The molecule has 3 rings (SSSR count). The summed E-state index contributed by atoms with van der Waals surface area (Å²) in [5.41, 5.74) is 1.08. The first-order valence-corrected chi connectivity index (χ1v) is 9.10. The summed E-state index contributed by atoms with van der Waals surface area (Å²) in [5, 5.41) is 4.17. The van der Waals surface area contributed by atoms with Gasteiger partial charge in [-0.15, -0.1) is 24.8 Å². The van der Waals surface area contributed by atoms with Crippen molar-refractivity contribution in [3.63, 3.8) is 0 Å². The molecule has 2 aliphatic rings. The highest BCUT2D eigenvalue weighted by Crippen LogP contribution is 2.26. The standard InChI is InChI=1S/C18H26ClN3O.2ClH/c19-16-3-1-2-4-17(16)21-11-13-22(14-12-21)18(23)6-5-15-7-9-20-10-8-15;;/h1-4,15,20H,5-14H2;2*1H. The molecule has 0 unspecified atom stereocenters. The van der Waals surface area contributed by atoms with E-state index in [1.807, 2.05) is 23.1 Å². The van der Waals surface area contributed by atoms with Crippen molar-refractivity contribution in [1.29, 1.82) is 0 Å². The lowest BCUT2D eigenvalue weighted by Gasteiger charge is -2.36. The number of para-hydroxylation sites is 1. The minimum Gasteiger partial charge on any atom is -0.367 e. The zero-order valence-electron chi connectivity index (χ0n) is 14.5. The van der Waals surface area contributed by atoms with Crippen LogP contribution in [0.25, 0.3) is 0 Å². The third kappa shape index (κ3) is 6.21. The Bertz CT molecular complexity index is 530. The zero-order chi connectivity index (χ0) is 16.1. The number of halogens is 3. The van der Waals surface area contributed by atoms with Gasteiger partial charge in [0.05, 0.1) is 10.7 Å². The van der Waals surface area contributed by atoms with E-state index in [0.29, 0.717) is 12.3 Å². The van der Waals surface area contributed by atoms with Crippen LogP contribution in [0.1, 0.15) is 25.7 Å². The quantitative estimate of drug-likeness (QED) is 0.826. The molecule has 0 aromatic heterocycles. The van der Waals surface area contributed by atoms with Crippen LogP contribution in [0.3, 0.4) is 0 Å². The Hall–Kier alpha value is -0.680. The molecule has 4 nitrogen and oxygen atoms in total. The Balaban J connectivity index is 0.00000156. The van der Waals surface area contributed by atoms with Crippen LogP contribution in [0, 0.1) is 5.92 Å². The van der Waals surface area contributed by atoms with Gasteiger partial charge in [0, 0.05) is 32.6 Å². The summed E-state index contributed by atoms with van der Waals surface area (Å²) >= 11 is 6.26. The third-order valence-electron chi connectivity index (χ3n) is 5.05. The average Bonchev–Trinajstić information content (AvgIpc) is 2.61. The molecule has 0 atom stereocenters. The molecule has 0 bridgehead atoms. The van der Waals surface area contributed by atoms with Crippen LogP contribution >= 0.6 is 36.4 Å². The Morgan fingerprint density at radius 1 is 1.08 bits per heavy atom. The number of carbonyl (C=O) groups is 1. The summed E-state index contributed by atoms with van der Waals surface area (Å²) in [7, 11) is 0. The average molecular weight is 409 g/mol. The molecule has 2 aliphatic heterocycles. The summed E-state index contributed by atoms with van der Waals surface area (Å²) in [4.78, 5) is 16.7. The van der Waals surface area contributed by atoms with Gasteiger partial charge in [0.2, 0.25) is 5.91 Å². The maximum Gasteiger partial charge on any atom is 0.222 e. The number of amides is 1. The van der Waals surface area contributed by atoms with Crippen molar-refractivity contribution in [2.24, 2.45) is 5.92 Å². The molecule has 25 heavy (non-hydrogen) atoms. The summed E-state index contributed by atoms with van der Waals surface area (Å²) in [6, 6.07) is 7.94. The zero-order valence-corrected chi connectivity index (χ0v) is 16.8. The number of carbonyl (C=O) groups excluding carboxylic acids is 1. The van der Waals surface area contributed by atoms with Crippen LogP contribution in [0.5, 0.6) is 0 Å². The molecule has 1 aromatic rings. The predicted octanol–water partition coefficient (Wildman–Crippen LogP) is 3.61. The van der Waals surface area contributed by atoms with Crippen molar-refractivity contribution in [1.82, 2.24) is 10.2 Å². The van der Waals surface area contributed by atoms with Gasteiger partial charge in [-0.3, -0.25) is 4.79 Å². The minimum absolute atomic E-state index is 0. The summed E-state index contributed by atoms with van der Waals surface area (Å²) in [6.07, 6.45) is 4.18. The highest BCUT2D eigenvalue weighted by Gasteiger charge is 2.23. The van der Waals surface area contributed by atoms with E-state index in [0.717, 1.165) is 62.3 Å². The van der Waals surface area contributed by atoms with E-state index in [2.05, 4.69) is 16.3 Å². The van der Waals surface area contributed by atoms with Crippen molar-refractivity contribution < 1.29 is 4.79 Å². The number of hydrogen-bond donors (Lipinski definition) is 1. The number of benzene rings is 1. The number of piperidine rings is 1. The topological polar surface area (TPSA) is 35.6 Å². The Labute approximate surface area is 168 Å². The van der Waals surface area contributed by atoms with E-state index in [-0.39, 0.29) is 24.8 Å². The number of nitrogens with zero attached hydrogens (tertiary/aromatic N) is 2. The highest BCUT2D eigenvalue weighted by atomic mass is 35.5. The SMILES string of the molecule is Cl.Cl.O=C(CCC1CCNCC1)N1CCN(c2ccccc2Cl)CC1. The van der Waals surface area contributed by atoms with E-state index >= 15 is 0 Å². The van der Waals surface area contributed by atoms with E-state index < -0.39 is 0 Å². The molecule has 1 aromatic carbocycles. The second-order valence-corrected chi connectivity index (χ2v) is 6.96. The first-order chi connectivity index (χ1) is 11.2. The second kappa shape index (κ2) is 11.1. The van der Waals surface area contributed by atoms with Crippen molar-refractivity contribution in [3.05, 3.63) is 29.3 Å². The van der Waals surface area contributed by atoms with Crippen molar-refractivity contribution in [2.75, 3.05) is 44.2 Å². The number of piperazine rings is 1. The molecule has 1 amide bonds. The largest absolute Gasteiger partial charge is 0.367 e. The Morgan fingerprint density at radius 3 is 2.36 bits per heavy atom. The molecule has 2 fully saturated rings. The van der Waals surface area contributed by atoms with Crippen molar-refractivity contribution in [2.45, 2.75) is 25.7 Å². The van der Waals surface area contributed by atoms with Gasteiger partial charge in [0.1, 0.15) is 0 Å². The molecule has 1 N–H and O–H groups in total. The second-order valence-electron chi connectivity index (χ2n) is 6.55. The molecule has 0 spiro atoms. The van der Waals surface area contributed by atoms with Crippen LogP contribution in [-0.2, 0) is 4.79 Å². The summed E-state index contributed by atoms with van der Waals surface area (Å²) in [5.74, 6) is 1.05. The first-order valence-electron chi connectivity index (χ1n) is 8.72. The fourth-order valence-corrected chi connectivity index (χ4v) is 3.82. The molecular formula is C18H28Cl3N3O. The number of hydrogen-bond acceptors (Lipinski definition) is 3. The van der Waals surface area contributed by atoms with Crippen LogP contribution in [0.4, 0.5) is 5.69 Å². The molecule has 0 saturated carbocycles. The van der Waals surface area contributed by atoms with E-state index in [4.69, 9.17) is 11.6 Å². The highest BCUT2D eigenvalue weighted by molar-refractivity contribution is 6.33. The molecule has 0 radical (unpaired) electrons. The van der Waals surface area contributed by atoms with Crippen LogP contribution in [-0.4, -0.2) is 50.1 Å². The summed E-state index contributed by atoms with van der Waals surface area (Å²) in [6.45, 7) is 5.54. The van der Waals surface area contributed by atoms with Gasteiger partial charge in [0.15, 0.2) is 0 Å². The lowest BCUT2D eigenvalue weighted by Crippen LogP contribution is -2.49. The maximum atomic E-state index is 12.4. The fourth-order valence-electron chi connectivity index (χ4n) is 3.56. The van der Waals surface area contributed by atoms with Gasteiger partial charge in [-0.05, 0) is 50.4 Å². The van der Waals surface area contributed by atoms with E-state index in [1.54, 1.807) is 0 Å². The van der Waals surface area contributed by atoms with Gasteiger partial charge >= 0.3 is 0 Å². The normalized spacial score (nSPS) is 18.3. The minimum atomic E-state index is 0. The van der Waals surface area contributed by atoms with Gasteiger partial charge in [-0.1, -0.05) is 23.7 Å². The van der Waals surface area contributed by atoms with Crippen LogP contribution in [0.2, 0.25) is 5.02 Å². The smallest absolute Gasteiger partial charge is 0.222 e. The summed E-state index contributed by atoms with van der Waals surface area (Å²) < 4.78 is 0. The molecular weight excluding hydrogens is 381 g/mol. The number of anilines is 1. The Kier molecular flexibility index (Phi) is 9.95. The lowest BCUT2D eigenvalue weighted by atomic mass is 9.93. The maximum absolute atomic E-state index is 12.4. The Morgan fingerprint density at radius 2 is 1.72 bits per heavy atom. The molecule has 2 saturated heterocycles. The molecule has 2 heterocycles. The van der Waals surface area contributed by atoms with Gasteiger partial charge in [-0.25, -0.2) is 0 Å². The first kappa shape index (κ1) is 22.4. The van der Waals surface area contributed by atoms with Crippen LogP contribution < -0.4 is 10.2 Å². The molecule has 142 valence electrons. The van der Waals surface area contributed by atoms with Gasteiger partial charge in [-0.2, -0.15) is 0 Å². The predicted molar refractivity (Wildman–Crippen MR) is 110 cm³/mol. The molecule has 0 aliphatic carbocycles. The van der Waals surface area contributed by atoms with E-state index in [1.165, 1.54) is 12.8 Å².